The van der Waals surface area contributed by atoms with Crippen molar-refractivity contribution in [2.24, 2.45) is 4.99 Å². The van der Waals surface area contributed by atoms with Gasteiger partial charge in [-0.15, -0.1) is 0 Å². The van der Waals surface area contributed by atoms with E-state index in [2.05, 4.69) is 9.73 Å². The third kappa shape index (κ3) is 3.32. The third-order valence-electron chi connectivity index (χ3n) is 1.92. The predicted octanol–water partition coefficient (Wildman–Crippen LogP) is 2.55. The molecule has 1 aliphatic rings. The molecule has 0 aromatic rings. The first kappa shape index (κ1) is 13.3. The zero-order chi connectivity index (χ0) is 13.1. The van der Waals surface area contributed by atoms with Gasteiger partial charge in [0.25, 0.3) is 0 Å². The van der Waals surface area contributed by atoms with Gasteiger partial charge >= 0.3 is 12.1 Å². The van der Waals surface area contributed by atoms with Crippen LogP contribution >= 0.6 is 0 Å². The summed E-state index contributed by atoms with van der Waals surface area (Å²) in [5.41, 5.74) is 0.954. The van der Waals surface area contributed by atoms with Gasteiger partial charge in [0.1, 0.15) is 0 Å². The van der Waals surface area contributed by atoms with E-state index in [0.717, 1.165) is 12.3 Å². The topological polar surface area (TPSA) is 38.7 Å². The minimum absolute atomic E-state index is 0.0945. The van der Waals surface area contributed by atoms with Crippen LogP contribution in [0.1, 0.15) is 13.8 Å². The summed E-state index contributed by atoms with van der Waals surface area (Å²) in [5, 5.41) is 0. The Kier molecular flexibility index (Phi) is 3.91. The molecule has 6 heteroatoms. The highest BCUT2D eigenvalue weighted by atomic mass is 19.4. The van der Waals surface area contributed by atoms with Crippen molar-refractivity contribution in [3.05, 3.63) is 29.2 Å². The van der Waals surface area contributed by atoms with E-state index in [9.17, 15) is 18.0 Å². The van der Waals surface area contributed by atoms with Gasteiger partial charge in [0.2, 0.25) is 0 Å². The second-order valence-electron chi connectivity index (χ2n) is 3.21. The Morgan fingerprint density at radius 1 is 1.53 bits per heavy atom. The second kappa shape index (κ2) is 5.01. The van der Waals surface area contributed by atoms with Crippen molar-refractivity contribution in [1.82, 2.24) is 0 Å². The van der Waals surface area contributed by atoms with Crippen molar-refractivity contribution in [2.45, 2.75) is 20.0 Å². The number of carbonyl (C=O) groups excluding carboxylic acids is 1. The fourth-order valence-corrected chi connectivity index (χ4v) is 1.17. The average Bonchev–Trinajstić information content (AvgIpc) is 2.39. The van der Waals surface area contributed by atoms with Crippen molar-refractivity contribution in [1.29, 1.82) is 0 Å². The van der Waals surface area contributed by atoms with Gasteiger partial charge in [0.05, 0.1) is 18.4 Å². The highest BCUT2D eigenvalue weighted by Gasteiger charge is 2.33. The molecule has 0 spiro atoms. The molecule has 0 saturated carbocycles. The molecule has 0 amide bonds. The van der Waals surface area contributed by atoms with E-state index < -0.39 is 17.7 Å². The molecule has 1 heterocycles. The minimum Gasteiger partial charge on any atom is -0.461 e. The predicted molar refractivity (Wildman–Crippen MR) is 55.5 cm³/mol. The van der Waals surface area contributed by atoms with Crippen molar-refractivity contribution in [3.63, 3.8) is 0 Å². The molecule has 3 nitrogen and oxygen atoms in total. The van der Waals surface area contributed by atoms with Crippen molar-refractivity contribution >= 4 is 11.7 Å². The summed E-state index contributed by atoms with van der Waals surface area (Å²) in [4.78, 5) is 15.0. The number of carbonyl (C=O) groups is 1. The molecule has 0 N–H and O–H groups in total. The Bertz CT molecular complexity index is 452. The molecule has 0 atom stereocenters. The second-order valence-corrected chi connectivity index (χ2v) is 3.21. The zero-order valence-corrected chi connectivity index (χ0v) is 9.26. The van der Waals surface area contributed by atoms with Gasteiger partial charge < -0.3 is 4.74 Å². The van der Waals surface area contributed by atoms with Gasteiger partial charge in [-0.05, 0) is 25.5 Å². The summed E-state index contributed by atoms with van der Waals surface area (Å²) < 4.78 is 42.0. The molecule has 0 aliphatic carbocycles. The van der Waals surface area contributed by atoms with Gasteiger partial charge in [-0.1, -0.05) is 5.73 Å². The number of esters is 1. The Morgan fingerprint density at radius 2 is 2.18 bits per heavy atom. The molecule has 1 aliphatic heterocycles. The van der Waals surface area contributed by atoms with Crippen LogP contribution < -0.4 is 0 Å². The number of hydrogen-bond donors (Lipinski definition) is 0. The molecule has 0 aromatic carbocycles. The highest BCUT2D eigenvalue weighted by molar-refractivity contribution is 6.43. The van der Waals surface area contributed by atoms with E-state index in [1.807, 2.05) is 5.73 Å². The largest absolute Gasteiger partial charge is 0.461 e. The number of alkyl halides is 3. The number of allylic oxidation sites excluding steroid dienone is 2. The van der Waals surface area contributed by atoms with Crippen LogP contribution in [0.3, 0.4) is 0 Å². The SMILES string of the molecule is CCOC(=O)C1=NC=C=C(C(F)(F)F)C=C1C. The lowest BCUT2D eigenvalue weighted by Crippen LogP contribution is -2.19. The number of aliphatic imine (C=N–C) groups is 1. The van der Waals surface area contributed by atoms with E-state index in [0.29, 0.717) is 0 Å². The van der Waals surface area contributed by atoms with Gasteiger partial charge in [-0.2, -0.15) is 13.2 Å². The Hall–Kier alpha value is -1.81. The fourth-order valence-electron chi connectivity index (χ4n) is 1.17. The summed E-state index contributed by atoms with van der Waals surface area (Å²) in [6, 6.07) is 0. The van der Waals surface area contributed by atoms with Gasteiger partial charge in [-0.25, -0.2) is 9.79 Å². The number of ether oxygens (including phenoxy) is 1. The smallest absolute Gasteiger partial charge is 0.423 e. The van der Waals surface area contributed by atoms with Crippen LogP contribution in [0, 0.1) is 0 Å². The lowest BCUT2D eigenvalue weighted by Gasteiger charge is -2.07. The summed E-state index contributed by atoms with van der Waals surface area (Å²) >= 11 is 0. The van der Waals surface area contributed by atoms with E-state index >= 15 is 0 Å². The van der Waals surface area contributed by atoms with Crippen LogP contribution in [0.4, 0.5) is 13.2 Å². The lowest BCUT2D eigenvalue weighted by atomic mass is 10.1. The Balaban J connectivity index is 3.05. The zero-order valence-electron chi connectivity index (χ0n) is 9.26. The molecule has 0 saturated heterocycles. The maximum Gasteiger partial charge on any atom is 0.423 e. The first-order valence-electron chi connectivity index (χ1n) is 4.82. The Morgan fingerprint density at radius 3 is 2.71 bits per heavy atom. The molecule has 0 aromatic heterocycles. The van der Waals surface area contributed by atoms with Crippen molar-refractivity contribution in [2.75, 3.05) is 6.61 Å². The molecule has 0 bridgehead atoms. The molecular weight excluding hydrogens is 235 g/mol. The average molecular weight is 245 g/mol. The van der Waals surface area contributed by atoms with E-state index in [-0.39, 0.29) is 17.9 Å². The third-order valence-corrected chi connectivity index (χ3v) is 1.92. The van der Waals surface area contributed by atoms with Gasteiger partial charge in [0.15, 0.2) is 5.71 Å². The summed E-state index contributed by atoms with van der Waals surface area (Å²) in [5.74, 6) is -0.747. The molecule has 0 fully saturated rings. The highest BCUT2D eigenvalue weighted by Crippen LogP contribution is 2.27. The van der Waals surface area contributed by atoms with Crippen molar-refractivity contribution in [3.8, 4) is 0 Å². The Labute approximate surface area is 96.0 Å². The number of hydrogen-bond acceptors (Lipinski definition) is 3. The maximum atomic E-state index is 12.4. The van der Waals surface area contributed by atoms with Gasteiger partial charge in [-0.3, -0.25) is 0 Å². The number of rotatable bonds is 2. The quantitative estimate of drug-likeness (QED) is 0.554. The van der Waals surface area contributed by atoms with Crippen LogP contribution in [0.2, 0.25) is 0 Å². The van der Waals surface area contributed by atoms with E-state index in [1.54, 1.807) is 6.92 Å². The van der Waals surface area contributed by atoms with Gasteiger partial charge in [0, 0.05) is 0 Å². The molecule has 1 rings (SSSR count). The molecular formula is C11H10F3NO2. The summed E-state index contributed by atoms with van der Waals surface area (Å²) in [6.07, 6.45) is -2.88. The standard InChI is InChI=1S/C11H10F3NO2/c1-3-17-10(16)9-7(2)6-8(4-5-15-9)11(12,13)14/h5-6H,3H2,1-2H3. The van der Waals surface area contributed by atoms with Crippen LogP contribution in [-0.4, -0.2) is 24.5 Å². The van der Waals surface area contributed by atoms with Crippen LogP contribution in [-0.2, 0) is 9.53 Å². The monoisotopic (exact) mass is 245 g/mol. The first-order chi connectivity index (χ1) is 7.86. The minimum atomic E-state index is -4.52. The van der Waals surface area contributed by atoms with E-state index in [1.165, 1.54) is 6.92 Å². The van der Waals surface area contributed by atoms with Crippen LogP contribution in [0.15, 0.2) is 34.1 Å². The summed E-state index contributed by atoms with van der Waals surface area (Å²) in [7, 11) is 0. The molecule has 92 valence electrons. The number of halogens is 3. The molecule has 0 radical (unpaired) electrons. The lowest BCUT2D eigenvalue weighted by molar-refractivity contribution is -0.135. The van der Waals surface area contributed by atoms with Crippen molar-refractivity contribution < 1.29 is 22.7 Å². The van der Waals surface area contributed by atoms with Crippen LogP contribution in [0.5, 0.6) is 0 Å². The summed E-state index contributed by atoms with van der Waals surface area (Å²) in [6.45, 7) is 3.10. The normalized spacial score (nSPS) is 15.7. The first-order valence-corrected chi connectivity index (χ1v) is 4.82. The van der Waals surface area contributed by atoms with E-state index in [4.69, 9.17) is 0 Å². The fraction of sp³-hybridized carbons (Fsp3) is 0.364. The molecule has 17 heavy (non-hydrogen) atoms. The van der Waals surface area contributed by atoms with Crippen LogP contribution in [0.25, 0.3) is 0 Å². The molecule has 0 unspecified atom stereocenters. The number of nitrogens with zero attached hydrogens (tertiary/aromatic N) is 1. The maximum absolute atomic E-state index is 12.4.